The maximum absolute atomic E-state index is 11.3. The third-order valence-electron chi connectivity index (χ3n) is 2.76. The zero-order valence-electron chi connectivity index (χ0n) is 11.3. The Morgan fingerprint density at radius 1 is 1.44 bits per heavy atom. The first-order valence-electron chi connectivity index (χ1n) is 6.34. The van der Waals surface area contributed by atoms with Crippen molar-refractivity contribution in [1.82, 2.24) is 10.6 Å². The van der Waals surface area contributed by atoms with Crippen molar-refractivity contribution in [2.24, 2.45) is 0 Å². The summed E-state index contributed by atoms with van der Waals surface area (Å²) in [5, 5.41) is 6.03. The molecule has 0 saturated carbocycles. The van der Waals surface area contributed by atoms with Gasteiger partial charge in [-0.25, -0.2) is 0 Å². The van der Waals surface area contributed by atoms with E-state index in [-0.39, 0.29) is 5.91 Å². The summed E-state index contributed by atoms with van der Waals surface area (Å²) in [6.07, 6.45) is 0.574. The van der Waals surface area contributed by atoms with Crippen LogP contribution in [0.15, 0.2) is 29.2 Å². The topological polar surface area (TPSA) is 41.1 Å². The molecule has 0 heterocycles. The molecule has 1 unspecified atom stereocenters. The molecule has 2 N–H and O–H groups in total. The van der Waals surface area contributed by atoms with Gasteiger partial charge in [0.1, 0.15) is 0 Å². The fourth-order valence-electron chi connectivity index (χ4n) is 1.59. The number of thioether (sulfide) groups is 1. The van der Waals surface area contributed by atoms with E-state index in [1.54, 1.807) is 11.8 Å². The van der Waals surface area contributed by atoms with Gasteiger partial charge in [-0.1, -0.05) is 12.1 Å². The highest BCUT2D eigenvalue weighted by molar-refractivity contribution is 7.99. The second-order valence-electron chi connectivity index (χ2n) is 4.13. The summed E-state index contributed by atoms with van der Waals surface area (Å²) in [4.78, 5) is 12.5. The normalized spacial score (nSPS) is 12.2. The van der Waals surface area contributed by atoms with E-state index in [4.69, 9.17) is 0 Å². The minimum Gasteiger partial charge on any atom is -0.356 e. The van der Waals surface area contributed by atoms with Crippen molar-refractivity contribution in [2.45, 2.75) is 31.2 Å². The molecule has 0 aromatic heterocycles. The molecular weight excluding hydrogens is 244 g/mol. The van der Waals surface area contributed by atoms with Gasteiger partial charge in [-0.05, 0) is 38.6 Å². The lowest BCUT2D eigenvalue weighted by atomic mass is 10.1. The van der Waals surface area contributed by atoms with Gasteiger partial charge in [0.15, 0.2) is 0 Å². The predicted molar refractivity (Wildman–Crippen MR) is 77.9 cm³/mol. The zero-order chi connectivity index (χ0) is 13.4. The maximum Gasteiger partial charge on any atom is 0.220 e. The number of hydrogen-bond donors (Lipinski definition) is 2. The van der Waals surface area contributed by atoms with Crippen LogP contribution in [0.4, 0.5) is 0 Å². The molecule has 1 atom stereocenters. The largest absolute Gasteiger partial charge is 0.356 e. The standard InChI is InChI=1S/C14H22N2OS/c1-4-16-14(17)8-9-18-13-7-5-6-12(10-13)11(2)15-3/h5-7,10-11,15H,4,8-9H2,1-3H3,(H,16,17). The molecule has 0 radical (unpaired) electrons. The predicted octanol–water partition coefficient (Wildman–Crippen LogP) is 2.59. The Labute approximate surface area is 114 Å². The molecule has 0 bridgehead atoms. The van der Waals surface area contributed by atoms with Crippen LogP contribution in [0.2, 0.25) is 0 Å². The zero-order valence-corrected chi connectivity index (χ0v) is 12.1. The molecule has 0 aliphatic rings. The number of benzene rings is 1. The van der Waals surface area contributed by atoms with Gasteiger partial charge in [0.2, 0.25) is 5.91 Å². The summed E-state index contributed by atoms with van der Waals surface area (Å²) in [5.74, 6) is 0.952. The van der Waals surface area contributed by atoms with E-state index in [1.165, 1.54) is 10.5 Å². The lowest BCUT2D eigenvalue weighted by Crippen LogP contribution is -2.22. The van der Waals surface area contributed by atoms with Crippen molar-refractivity contribution in [1.29, 1.82) is 0 Å². The summed E-state index contributed by atoms with van der Waals surface area (Å²) in [6, 6.07) is 8.82. The van der Waals surface area contributed by atoms with Crippen LogP contribution in [0.1, 0.15) is 31.9 Å². The van der Waals surface area contributed by atoms with Gasteiger partial charge in [0.25, 0.3) is 0 Å². The lowest BCUT2D eigenvalue weighted by Gasteiger charge is -2.11. The molecule has 0 aliphatic carbocycles. The number of rotatable bonds is 7. The maximum atomic E-state index is 11.3. The van der Waals surface area contributed by atoms with E-state index < -0.39 is 0 Å². The van der Waals surface area contributed by atoms with Crippen molar-refractivity contribution in [3.63, 3.8) is 0 Å². The van der Waals surface area contributed by atoms with Gasteiger partial charge in [-0.3, -0.25) is 4.79 Å². The minimum absolute atomic E-state index is 0.129. The Morgan fingerprint density at radius 2 is 2.22 bits per heavy atom. The number of amides is 1. The van der Waals surface area contributed by atoms with E-state index in [0.29, 0.717) is 19.0 Å². The van der Waals surface area contributed by atoms with Crippen LogP contribution in [-0.2, 0) is 4.79 Å². The molecular formula is C14H22N2OS. The SMILES string of the molecule is CCNC(=O)CCSc1cccc(C(C)NC)c1. The third kappa shape index (κ3) is 5.10. The van der Waals surface area contributed by atoms with E-state index >= 15 is 0 Å². The Kier molecular flexibility index (Phi) is 6.83. The molecule has 18 heavy (non-hydrogen) atoms. The molecule has 1 aromatic rings. The summed E-state index contributed by atoms with van der Waals surface area (Å²) in [6.45, 7) is 4.78. The highest BCUT2D eigenvalue weighted by Crippen LogP contribution is 2.22. The second-order valence-corrected chi connectivity index (χ2v) is 5.30. The van der Waals surface area contributed by atoms with Crippen LogP contribution in [0.3, 0.4) is 0 Å². The average Bonchev–Trinajstić information content (AvgIpc) is 2.38. The quantitative estimate of drug-likeness (QED) is 0.745. The Bertz CT molecular complexity index is 382. The van der Waals surface area contributed by atoms with Crippen LogP contribution in [0.5, 0.6) is 0 Å². The summed E-state index contributed by atoms with van der Waals surface area (Å²) < 4.78 is 0. The lowest BCUT2D eigenvalue weighted by molar-refractivity contribution is -0.120. The Balaban J connectivity index is 2.45. The van der Waals surface area contributed by atoms with Gasteiger partial charge < -0.3 is 10.6 Å². The van der Waals surface area contributed by atoms with Gasteiger partial charge in [0.05, 0.1) is 0 Å². The van der Waals surface area contributed by atoms with Gasteiger partial charge >= 0.3 is 0 Å². The molecule has 1 amide bonds. The minimum atomic E-state index is 0.129. The molecule has 1 aromatic carbocycles. The highest BCUT2D eigenvalue weighted by atomic mass is 32.2. The summed E-state index contributed by atoms with van der Waals surface area (Å²) in [7, 11) is 1.96. The third-order valence-corrected chi connectivity index (χ3v) is 3.76. The molecule has 3 nitrogen and oxygen atoms in total. The van der Waals surface area contributed by atoms with Gasteiger partial charge in [-0.15, -0.1) is 11.8 Å². The van der Waals surface area contributed by atoms with Crippen LogP contribution >= 0.6 is 11.8 Å². The van der Waals surface area contributed by atoms with E-state index in [9.17, 15) is 4.79 Å². The summed E-state index contributed by atoms with van der Waals surface area (Å²) in [5.41, 5.74) is 1.28. The molecule has 0 aliphatic heterocycles. The van der Waals surface area contributed by atoms with Crippen LogP contribution < -0.4 is 10.6 Å². The van der Waals surface area contributed by atoms with Crippen molar-refractivity contribution < 1.29 is 4.79 Å². The molecule has 4 heteroatoms. The fraction of sp³-hybridized carbons (Fsp3) is 0.500. The Morgan fingerprint density at radius 3 is 2.89 bits per heavy atom. The van der Waals surface area contributed by atoms with E-state index in [2.05, 4.69) is 41.8 Å². The van der Waals surface area contributed by atoms with Crippen molar-refractivity contribution >= 4 is 17.7 Å². The number of nitrogens with one attached hydrogen (secondary N) is 2. The monoisotopic (exact) mass is 266 g/mol. The van der Waals surface area contributed by atoms with Crippen molar-refractivity contribution in [3.8, 4) is 0 Å². The van der Waals surface area contributed by atoms with Crippen molar-refractivity contribution in [2.75, 3.05) is 19.3 Å². The summed E-state index contributed by atoms with van der Waals surface area (Å²) >= 11 is 1.73. The first kappa shape index (κ1) is 15.1. The molecule has 0 saturated heterocycles. The molecule has 1 rings (SSSR count). The fourth-order valence-corrected chi connectivity index (χ4v) is 2.50. The highest BCUT2D eigenvalue weighted by Gasteiger charge is 2.04. The van der Waals surface area contributed by atoms with Crippen LogP contribution in [0.25, 0.3) is 0 Å². The average molecular weight is 266 g/mol. The number of carbonyl (C=O) groups excluding carboxylic acids is 1. The number of carbonyl (C=O) groups is 1. The first-order valence-corrected chi connectivity index (χ1v) is 7.32. The van der Waals surface area contributed by atoms with Gasteiger partial charge in [-0.2, -0.15) is 0 Å². The Hall–Kier alpha value is -1.00. The van der Waals surface area contributed by atoms with Crippen LogP contribution in [-0.4, -0.2) is 25.3 Å². The molecule has 100 valence electrons. The molecule has 0 fully saturated rings. The first-order chi connectivity index (χ1) is 8.67. The van der Waals surface area contributed by atoms with Crippen LogP contribution in [0, 0.1) is 0 Å². The van der Waals surface area contributed by atoms with E-state index in [0.717, 1.165) is 5.75 Å². The van der Waals surface area contributed by atoms with Gasteiger partial charge in [0, 0.05) is 29.7 Å². The number of hydrogen-bond acceptors (Lipinski definition) is 3. The molecule has 0 spiro atoms. The second kappa shape index (κ2) is 8.16. The van der Waals surface area contributed by atoms with E-state index in [1.807, 2.05) is 14.0 Å². The smallest absolute Gasteiger partial charge is 0.220 e. The van der Waals surface area contributed by atoms with Crippen molar-refractivity contribution in [3.05, 3.63) is 29.8 Å².